The van der Waals surface area contributed by atoms with Crippen molar-refractivity contribution in [3.8, 4) is 5.75 Å². The highest BCUT2D eigenvalue weighted by Crippen LogP contribution is 2.28. The number of aliphatic carboxylic acids is 1. The summed E-state index contributed by atoms with van der Waals surface area (Å²) in [6.07, 6.45) is 3.72. The van der Waals surface area contributed by atoms with Crippen molar-refractivity contribution in [2.45, 2.75) is 31.8 Å². The molecule has 0 aliphatic heterocycles. The molecule has 1 aromatic heterocycles. The molecular weight excluding hydrogens is 225 g/mol. The largest absolute Gasteiger partial charge is 0.486 e. The van der Waals surface area contributed by atoms with Gasteiger partial charge in [0.25, 0.3) is 5.95 Å². The lowest BCUT2D eigenvalue weighted by molar-refractivity contribution is -0.143. The Balaban J connectivity index is 1.90. The first-order valence-electron chi connectivity index (χ1n) is 5.67. The van der Waals surface area contributed by atoms with Crippen molar-refractivity contribution in [3.05, 3.63) is 24.3 Å². The normalized spacial score (nSPS) is 24.3. The van der Waals surface area contributed by atoms with Crippen LogP contribution in [0.5, 0.6) is 5.75 Å². The summed E-state index contributed by atoms with van der Waals surface area (Å²) < 4.78 is 18.7. The van der Waals surface area contributed by atoms with Gasteiger partial charge in [0.15, 0.2) is 5.75 Å². The summed E-state index contributed by atoms with van der Waals surface area (Å²) in [5, 5.41) is 8.85. The molecule has 1 aliphatic carbocycles. The predicted molar refractivity (Wildman–Crippen MR) is 58.2 cm³/mol. The maximum Gasteiger partial charge on any atom is 0.306 e. The number of nitrogens with zero attached hydrogens (tertiary/aromatic N) is 1. The van der Waals surface area contributed by atoms with E-state index in [9.17, 15) is 9.18 Å². The SMILES string of the molecule is O=C(O)[C@H]1CC[C@H](Oc2cccnc2F)CC1. The maximum atomic E-state index is 13.2. The van der Waals surface area contributed by atoms with E-state index in [1.54, 1.807) is 6.07 Å². The fourth-order valence-corrected chi connectivity index (χ4v) is 2.07. The average Bonchev–Trinajstić information content (AvgIpc) is 2.33. The van der Waals surface area contributed by atoms with E-state index in [0.29, 0.717) is 25.7 Å². The molecule has 0 radical (unpaired) electrons. The molecule has 4 nitrogen and oxygen atoms in total. The van der Waals surface area contributed by atoms with Crippen molar-refractivity contribution in [1.82, 2.24) is 4.98 Å². The summed E-state index contributed by atoms with van der Waals surface area (Å²) in [6, 6.07) is 3.15. The number of carbonyl (C=O) groups is 1. The topological polar surface area (TPSA) is 59.4 Å². The lowest BCUT2D eigenvalue weighted by Gasteiger charge is -2.26. The third kappa shape index (κ3) is 2.93. The Kier molecular flexibility index (Phi) is 3.56. The zero-order valence-electron chi connectivity index (χ0n) is 9.30. The molecule has 1 fully saturated rings. The molecule has 2 rings (SSSR count). The van der Waals surface area contributed by atoms with Gasteiger partial charge >= 0.3 is 5.97 Å². The van der Waals surface area contributed by atoms with Crippen molar-refractivity contribution in [3.63, 3.8) is 0 Å². The van der Waals surface area contributed by atoms with Crippen LogP contribution in [-0.4, -0.2) is 22.2 Å². The second-order valence-corrected chi connectivity index (χ2v) is 4.22. The number of rotatable bonds is 3. The molecule has 0 atom stereocenters. The average molecular weight is 239 g/mol. The zero-order valence-corrected chi connectivity index (χ0v) is 9.30. The Morgan fingerprint density at radius 3 is 2.71 bits per heavy atom. The first kappa shape index (κ1) is 11.8. The summed E-state index contributed by atoms with van der Waals surface area (Å²) in [6.45, 7) is 0. The molecule has 1 aliphatic rings. The zero-order chi connectivity index (χ0) is 12.3. The molecule has 0 unspecified atom stereocenters. The summed E-state index contributed by atoms with van der Waals surface area (Å²) in [5.41, 5.74) is 0. The van der Waals surface area contributed by atoms with Gasteiger partial charge in [-0.05, 0) is 37.8 Å². The molecule has 0 amide bonds. The van der Waals surface area contributed by atoms with Crippen LogP contribution in [0.15, 0.2) is 18.3 Å². The van der Waals surface area contributed by atoms with Crippen molar-refractivity contribution in [2.24, 2.45) is 5.92 Å². The minimum atomic E-state index is -0.754. The summed E-state index contributed by atoms with van der Waals surface area (Å²) in [4.78, 5) is 14.3. The second kappa shape index (κ2) is 5.12. The van der Waals surface area contributed by atoms with Gasteiger partial charge in [-0.25, -0.2) is 4.98 Å². The quantitative estimate of drug-likeness (QED) is 0.822. The molecule has 1 aromatic rings. The molecule has 0 aromatic carbocycles. The van der Waals surface area contributed by atoms with Gasteiger partial charge in [-0.2, -0.15) is 4.39 Å². The smallest absolute Gasteiger partial charge is 0.306 e. The Morgan fingerprint density at radius 1 is 1.41 bits per heavy atom. The van der Waals surface area contributed by atoms with Crippen LogP contribution in [-0.2, 0) is 4.79 Å². The lowest BCUT2D eigenvalue weighted by atomic mass is 9.87. The Bertz CT molecular complexity index is 402. The fraction of sp³-hybridized carbons (Fsp3) is 0.500. The van der Waals surface area contributed by atoms with Crippen LogP contribution in [0, 0.1) is 11.9 Å². The number of carboxylic acid groups (broad SMARTS) is 1. The van der Waals surface area contributed by atoms with Gasteiger partial charge in [0.1, 0.15) is 0 Å². The Labute approximate surface area is 98.4 Å². The molecular formula is C12H14FNO3. The summed E-state index contributed by atoms with van der Waals surface area (Å²) in [7, 11) is 0. The number of ether oxygens (including phenoxy) is 1. The standard InChI is InChI=1S/C12H14FNO3/c13-11-10(2-1-7-14-11)17-9-5-3-8(4-6-9)12(15)16/h1-2,7-9H,3-6H2,(H,15,16)/t8-,9-. The maximum absolute atomic E-state index is 13.2. The van der Waals surface area contributed by atoms with Crippen LogP contribution < -0.4 is 4.74 Å². The monoisotopic (exact) mass is 239 g/mol. The molecule has 5 heteroatoms. The van der Waals surface area contributed by atoms with Gasteiger partial charge in [0, 0.05) is 6.20 Å². The van der Waals surface area contributed by atoms with E-state index in [1.807, 2.05) is 0 Å². The highest BCUT2D eigenvalue weighted by atomic mass is 19.1. The summed E-state index contributed by atoms with van der Waals surface area (Å²) >= 11 is 0. The Morgan fingerprint density at radius 2 is 2.12 bits per heavy atom. The van der Waals surface area contributed by atoms with Crippen molar-refractivity contribution in [2.75, 3.05) is 0 Å². The van der Waals surface area contributed by atoms with E-state index in [-0.39, 0.29) is 17.8 Å². The van der Waals surface area contributed by atoms with Crippen LogP contribution in [0.1, 0.15) is 25.7 Å². The molecule has 92 valence electrons. The number of hydrogen-bond donors (Lipinski definition) is 1. The molecule has 1 heterocycles. The Hall–Kier alpha value is -1.65. The third-order valence-electron chi connectivity index (χ3n) is 3.04. The van der Waals surface area contributed by atoms with Crippen molar-refractivity contribution in [1.29, 1.82) is 0 Å². The van der Waals surface area contributed by atoms with Gasteiger partial charge < -0.3 is 9.84 Å². The van der Waals surface area contributed by atoms with Gasteiger partial charge in [0.2, 0.25) is 0 Å². The van der Waals surface area contributed by atoms with E-state index in [4.69, 9.17) is 9.84 Å². The van der Waals surface area contributed by atoms with E-state index in [0.717, 1.165) is 0 Å². The van der Waals surface area contributed by atoms with Crippen LogP contribution in [0.4, 0.5) is 4.39 Å². The van der Waals surface area contributed by atoms with Crippen molar-refractivity contribution < 1.29 is 19.0 Å². The highest BCUT2D eigenvalue weighted by Gasteiger charge is 2.27. The number of carboxylic acids is 1. The second-order valence-electron chi connectivity index (χ2n) is 4.22. The van der Waals surface area contributed by atoms with Crippen LogP contribution in [0.25, 0.3) is 0 Å². The first-order valence-corrected chi connectivity index (χ1v) is 5.67. The molecule has 0 spiro atoms. The molecule has 1 N–H and O–H groups in total. The van der Waals surface area contributed by atoms with Gasteiger partial charge in [-0.1, -0.05) is 0 Å². The number of hydrogen-bond acceptors (Lipinski definition) is 3. The van der Waals surface area contributed by atoms with Crippen LogP contribution >= 0.6 is 0 Å². The predicted octanol–water partition coefficient (Wildman–Crippen LogP) is 2.24. The molecule has 1 saturated carbocycles. The van der Waals surface area contributed by atoms with Gasteiger partial charge in [-0.15, -0.1) is 0 Å². The first-order chi connectivity index (χ1) is 8.16. The summed E-state index contributed by atoms with van der Waals surface area (Å²) in [5.74, 6) is -1.51. The van der Waals surface area contributed by atoms with E-state index in [2.05, 4.69) is 4.98 Å². The minimum Gasteiger partial charge on any atom is -0.486 e. The number of aromatic nitrogens is 1. The molecule has 0 saturated heterocycles. The van der Waals surface area contributed by atoms with Crippen LogP contribution in [0.3, 0.4) is 0 Å². The van der Waals surface area contributed by atoms with Gasteiger partial charge in [0.05, 0.1) is 12.0 Å². The molecule has 17 heavy (non-hydrogen) atoms. The minimum absolute atomic E-state index is 0.107. The lowest BCUT2D eigenvalue weighted by Crippen LogP contribution is -2.28. The van der Waals surface area contributed by atoms with Gasteiger partial charge in [-0.3, -0.25) is 4.79 Å². The molecule has 0 bridgehead atoms. The van der Waals surface area contributed by atoms with E-state index < -0.39 is 11.9 Å². The van der Waals surface area contributed by atoms with Crippen LogP contribution in [0.2, 0.25) is 0 Å². The highest BCUT2D eigenvalue weighted by molar-refractivity contribution is 5.70. The van der Waals surface area contributed by atoms with E-state index in [1.165, 1.54) is 12.3 Å². The van der Waals surface area contributed by atoms with E-state index >= 15 is 0 Å². The number of halogens is 1. The third-order valence-corrected chi connectivity index (χ3v) is 3.04. The van der Waals surface area contributed by atoms with Crippen molar-refractivity contribution >= 4 is 5.97 Å². The fourth-order valence-electron chi connectivity index (χ4n) is 2.07. The number of pyridine rings is 1.